The molecule has 1 aromatic carbocycles. The van der Waals surface area contributed by atoms with Crippen LogP contribution in [0.15, 0.2) is 24.3 Å². The zero-order valence-electron chi connectivity index (χ0n) is 11.3. The van der Waals surface area contributed by atoms with Crippen molar-refractivity contribution in [2.24, 2.45) is 0 Å². The monoisotopic (exact) mass is 247 g/mol. The van der Waals surface area contributed by atoms with Crippen molar-refractivity contribution in [3.8, 4) is 0 Å². The number of carbonyl (C=O) groups is 1. The molecule has 98 valence electrons. The van der Waals surface area contributed by atoms with Crippen molar-refractivity contribution in [1.29, 1.82) is 0 Å². The molecular weight excluding hydrogens is 226 g/mol. The third-order valence-electron chi connectivity index (χ3n) is 3.72. The Labute approximate surface area is 108 Å². The van der Waals surface area contributed by atoms with Gasteiger partial charge in [-0.25, -0.2) is 0 Å². The minimum Gasteiger partial charge on any atom is -0.399 e. The molecule has 0 bridgehead atoms. The van der Waals surface area contributed by atoms with Gasteiger partial charge in [0, 0.05) is 32.4 Å². The maximum absolute atomic E-state index is 12.2. The Morgan fingerprint density at radius 1 is 1.22 bits per heavy atom. The molecular formula is C14H21N3O. The summed E-state index contributed by atoms with van der Waals surface area (Å²) in [6.07, 6.45) is 0. The highest BCUT2D eigenvalue weighted by atomic mass is 16.2. The number of carbonyl (C=O) groups excluding carboxylic acids is 1. The van der Waals surface area contributed by atoms with E-state index in [0.717, 1.165) is 25.3 Å². The highest BCUT2D eigenvalue weighted by Crippen LogP contribution is 2.24. The van der Waals surface area contributed by atoms with E-state index in [1.165, 1.54) is 5.56 Å². The third kappa shape index (κ3) is 2.34. The topological polar surface area (TPSA) is 49.6 Å². The Balaban J connectivity index is 2.14. The summed E-state index contributed by atoms with van der Waals surface area (Å²) in [5.41, 5.74) is 7.20. The summed E-state index contributed by atoms with van der Waals surface area (Å²) in [6, 6.07) is 7.85. The number of anilines is 1. The molecule has 0 radical (unpaired) electrons. The predicted octanol–water partition coefficient (Wildman–Crippen LogP) is 1.32. The molecule has 1 aromatic rings. The number of nitrogens with two attached hydrogens (primary N) is 1. The van der Waals surface area contributed by atoms with Gasteiger partial charge in [-0.1, -0.05) is 12.1 Å². The van der Waals surface area contributed by atoms with Gasteiger partial charge in [-0.15, -0.1) is 0 Å². The summed E-state index contributed by atoms with van der Waals surface area (Å²) in [5.74, 6) is 0.184. The summed E-state index contributed by atoms with van der Waals surface area (Å²) < 4.78 is 0. The summed E-state index contributed by atoms with van der Waals surface area (Å²) in [5, 5.41) is 0. The molecule has 4 heteroatoms. The van der Waals surface area contributed by atoms with Crippen LogP contribution in [0.5, 0.6) is 0 Å². The second kappa shape index (κ2) is 4.61. The molecule has 18 heavy (non-hydrogen) atoms. The number of hydrogen-bond donors (Lipinski definition) is 1. The molecule has 1 fully saturated rings. The first kappa shape index (κ1) is 12.9. The normalized spacial score (nSPS) is 20.2. The molecule has 1 heterocycles. The summed E-state index contributed by atoms with van der Waals surface area (Å²) >= 11 is 0. The fraction of sp³-hybridized carbons (Fsp3) is 0.500. The van der Waals surface area contributed by atoms with Crippen molar-refractivity contribution in [2.45, 2.75) is 25.9 Å². The number of hydrogen-bond acceptors (Lipinski definition) is 3. The maximum Gasteiger partial charge on any atom is 0.242 e. The van der Waals surface area contributed by atoms with Gasteiger partial charge in [-0.05, 0) is 31.5 Å². The lowest BCUT2D eigenvalue weighted by Crippen LogP contribution is -2.61. The van der Waals surface area contributed by atoms with Gasteiger partial charge in [0.1, 0.15) is 0 Å². The Bertz CT molecular complexity index is 439. The minimum absolute atomic E-state index is 0.184. The molecule has 1 saturated heterocycles. The largest absolute Gasteiger partial charge is 0.399 e. The Morgan fingerprint density at radius 2 is 1.83 bits per heavy atom. The molecule has 0 aromatic heterocycles. The zero-order valence-corrected chi connectivity index (χ0v) is 11.3. The molecule has 0 saturated carbocycles. The minimum atomic E-state index is -0.436. The number of nitrogens with zero attached hydrogens (tertiary/aromatic N) is 2. The average Bonchev–Trinajstić information content (AvgIpc) is 2.33. The number of benzene rings is 1. The van der Waals surface area contributed by atoms with E-state index in [2.05, 4.69) is 4.90 Å². The van der Waals surface area contributed by atoms with E-state index in [4.69, 9.17) is 5.73 Å². The number of piperazine rings is 1. The number of rotatable bonds is 2. The van der Waals surface area contributed by atoms with Crippen molar-refractivity contribution in [1.82, 2.24) is 9.80 Å². The van der Waals surface area contributed by atoms with E-state index in [9.17, 15) is 4.79 Å². The van der Waals surface area contributed by atoms with Crippen molar-refractivity contribution >= 4 is 11.6 Å². The standard InChI is InChI=1S/C14H21N3O/c1-14(2)13(18)16(3)8-9-17(14)10-11-4-6-12(15)7-5-11/h4-7H,8-10,15H2,1-3H3. The van der Waals surface area contributed by atoms with Gasteiger partial charge in [0.2, 0.25) is 5.91 Å². The average molecular weight is 247 g/mol. The van der Waals surface area contributed by atoms with E-state index in [-0.39, 0.29) is 5.91 Å². The molecule has 1 aliphatic heterocycles. The molecule has 2 N–H and O–H groups in total. The van der Waals surface area contributed by atoms with E-state index in [1.807, 2.05) is 45.2 Å². The summed E-state index contributed by atoms with van der Waals surface area (Å²) in [7, 11) is 1.87. The van der Waals surface area contributed by atoms with Crippen LogP contribution in [-0.4, -0.2) is 41.4 Å². The van der Waals surface area contributed by atoms with Gasteiger partial charge < -0.3 is 10.6 Å². The molecule has 0 aliphatic carbocycles. The predicted molar refractivity (Wildman–Crippen MR) is 73.0 cm³/mol. The van der Waals surface area contributed by atoms with Crippen LogP contribution < -0.4 is 5.73 Å². The van der Waals surface area contributed by atoms with Gasteiger partial charge in [-0.3, -0.25) is 9.69 Å². The van der Waals surface area contributed by atoms with Crippen LogP contribution in [0.4, 0.5) is 5.69 Å². The van der Waals surface area contributed by atoms with Gasteiger partial charge in [-0.2, -0.15) is 0 Å². The number of amides is 1. The first-order chi connectivity index (χ1) is 8.41. The molecule has 4 nitrogen and oxygen atoms in total. The fourth-order valence-corrected chi connectivity index (χ4v) is 2.37. The van der Waals surface area contributed by atoms with Crippen LogP contribution in [0.2, 0.25) is 0 Å². The number of likely N-dealkylation sites (N-methyl/N-ethyl adjacent to an activating group) is 1. The number of nitrogen functional groups attached to an aromatic ring is 1. The quantitative estimate of drug-likeness (QED) is 0.802. The fourth-order valence-electron chi connectivity index (χ4n) is 2.37. The van der Waals surface area contributed by atoms with E-state index >= 15 is 0 Å². The van der Waals surface area contributed by atoms with Crippen LogP contribution in [0.1, 0.15) is 19.4 Å². The SMILES string of the molecule is CN1CCN(Cc2ccc(N)cc2)C(C)(C)C1=O. The van der Waals surface area contributed by atoms with Gasteiger partial charge in [0.25, 0.3) is 0 Å². The summed E-state index contributed by atoms with van der Waals surface area (Å²) in [4.78, 5) is 16.2. The van der Waals surface area contributed by atoms with Crippen LogP contribution >= 0.6 is 0 Å². The van der Waals surface area contributed by atoms with Gasteiger partial charge in [0.05, 0.1) is 5.54 Å². The molecule has 0 atom stereocenters. The molecule has 1 amide bonds. The Kier molecular flexibility index (Phi) is 3.30. The second-order valence-corrected chi connectivity index (χ2v) is 5.45. The maximum atomic E-state index is 12.2. The molecule has 0 unspecified atom stereocenters. The van der Waals surface area contributed by atoms with Gasteiger partial charge in [0.15, 0.2) is 0 Å². The van der Waals surface area contributed by atoms with Crippen LogP contribution in [0.3, 0.4) is 0 Å². The van der Waals surface area contributed by atoms with Crippen molar-refractivity contribution in [2.75, 3.05) is 25.9 Å². The van der Waals surface area contributed by atoms with Crippen molar-refractivity contribution < 1.29 is 4.79 Å². The lowest BCUT2D eigenvalue weighted by atomic mass is 9.97. The van der Waals surface area contributed by atoms with E-state index in [1.54, 1.807) is 4.90 Å². The molecule has 2 rings (SSSR count). The zero-order chi connectivity index (χ0) is 13.3. The first-order valence-corrected chi connectivity index (χ1v) is 6.26. The van der Waals surface area contributed by atoms with Crippen LogP contribution in [0, 0.1) is 0 Å². The lowest BCUT2D eigenvalue weighted by Gasteiger charge is -2.44. The van der Waals surface area contributed by atoms with Crippen LogP contribution in [-0.2, 0) is 11.3 Å². The van der Waals surface area contributed by atoms with Gasteiger partial charge >= 0.3 is 0 Å². The van der Waals surface area contributed by atoms with Crippen molar-refractivity contribution in [3.63, 3.8) is 0 Å². The first-order valence-electron chi connectivity index (χ1n) is 6.26. The molecule has 0 spiro atoms. The van der Waals surface area contributed by atoms with Crippen LogP contribution in [0.25, 0.3) is 0 Å². The third-order valence-corrected chi connectivity index (χ3v) is 3.72. The van der Waals surface area contributed by atoms with E-state index in [0.29, 0.717) is 0 Å². The van der Waals surface area contributed by atoms with E-state index < -0.39 is 5.54 Å². The Morgan fingerprint density at radius 3 is 2.44 bits per heavy atom. The summed E-state index contributed by atoms with van der Waals surface area (Å²) in [6.45, 7) is 6.45. The molecule has 1 aliphatic rings. The highest BCUT2D eigenvalue weighted by Gasteiger charge is 2.40. The lowest BCUT2D eigenvalue weighted by molar-refractivity contribution is -0.147. The Hall–Kier alpha value is -1.55. The smallest absolute Gasteiger partial charge is 0.242 e. The highest BCUT2D eigenvalue weighted by molar-refractivity contribution is 5.86. The second-order valence-electron chi connectivity index (χ2n) is 5.45. The van der Waals surface area contributed by atoms with Crippen molar-refractivity contribution in [3.05, 3.63) is 29.8 Å².